The molecular formula is C25H30N2O3. The third-order valence-corrected chi connectivity index (χ3v) is 6.77. The Balaban J connectivity index is 1.60. The number of carbonyl (C=O) groups excluding carboxylic acids is 2. The second-order valence-electron chi connectivity index (χ2n) is 8.80. The molecule has 0 aromatic heterocycles. The molecule has 0 radical (unpaired) electrons. The number of piperidine rings is 1. The van der Waals surface area contributed by atoms with Crippen LogP contribution < -0.4 is 10.1 Å². The summed E-state index contributed by atoms with van der Waals surface area (Å²) in [5, 5.41) is 3.28. The van der Waals surface area contributed by atoms with Gasteiger partial charge in [-0.1, -0.05) is 30.3 Å². The van der Waals surface area contributed by atoms with Gasteiger partial charge in [0, 0.05) is 30.5 Å². The molecule has 30 heavy (non-hydrogen) atoms. The Bertz CT molecular complexity index is 914. The molecule has 1 saturated heterocycles. The Morgan fingerprint density at radius 2 is 1.90 bits per heavy atom. The van der Waals surface area contributed by atoms with E-state index in [-0.39, 0.29) is 23.3 Å². The number of ether oxygens (including phenoxy) is 1. The fourth-order valence-corrected chi connectivity index (χ4v) is 5.33. The van der Waals surface area contributed by atoms with Crippen LogP contribution in [-0.4, -0.2) is 43.0 Å². The van der Waals surface area contributed by atoms with E-state index in [1.165, 1.54) is 12.5 Å². The number of likely N-dealkylation sites (tertiary alicyclic amines) is 1. The second-order valence-corrected chi connectivity index (χ2v) is 8.80. The molecule has 1 amide bonds. The van der Waals surface area contributed by atoms with E-state index in [0.717, 1.165) is 38.8 Å². The fourth-order valence-electron chi connectivity index (χ4n) is 5.33. The minimum atomic E-state index is -0.304. The van der Waals surface area contributed by atoms with Crippen molar-refractivity contribution in [2.75, 3.05) is 20.1 Å². The highest BCUT2D eigenvalue weighted by atomic mass is 16.5. The number of benzene rings is 2. The second kappa shape index (κ2) is 8.60. The number of esters is 1. The molecule has 3 atom stereocenters. The van der Waals surface area contributed by atoms with Crippen LogP contribution in [0.1, 0.15) is 48.5 Å². The fraction of sp³-hybridized carbons (Fsp3) is 0.440. The number of rotatable bonds is 4. The number of amides is 1. The largest absolute Gasteiger partial charge is 0.427 e. The van der Waals surface area contributed by atoms with Crippen molar-refractivity contribution in [1.82, 2.24) is 10.2 Å². The summed E-state index contributed by atoms with van der Waals surface area (Å²) < 4.78 is 5.37. The number of fused-ring (bicyclic) bond motifs is 1. The lowest BCUT2D eigenvalue weighted by Gasteiger charge is -2.52. The zero-order valence-corrected chi connectivity index (χ0v) is 17.8. The first-order valence-electron chi connectivity index (χ1n) is 10.8. The van der Waals surface area contributed by atoms with Gasteiger partial charge < -0.3 is 15.0 Å². The zero-order chi connectivity index (χ0) is 21.1. The molecule has 1 aliphatic carbocycles. The minimum absolute atomic E-state index is 0.00390. The molecule has 5 nitrogen and oxygen atoms in total. The normalized spacial score (nSPS) is 26.5. The van der Waals surface area contributed by atoms with Gasteiger partial charge in [0.15, 0.2) is 0 Å². The average molecular weight is 407 g/mol. The predicted octanol–water partition coefficient (Wildman–Crippen LogP) is 3.78. The van der Waals surface area contributed by atoms with E-state index in [4.69, 9.17) is 4.74 Å². The Morgan fingerprint density at radius 1 is 1.10 bits per heavy atom. The van der Waals surface area contributed by atoms with E-state index < -0.39 is 0 Å². The van der Waals surface area contributed by atoms with Crippen molar-refractivity contribution in [3.63, 3.8) is 0 Å². The molecule has 0 unspecified atom stereocenters. The van der Waals surface area contributed by atoms with Gasteiger partial charge in [-0.3, -0.25) is 9.59 Å². The van der Waals surface area contributed by atoms with Crippen molar-refractivity contribution < 1.29 is 14.3 Å². The molecule has 1 aliphatic heterocycles. The summed E-state index contributed by atoms with van der Waals surface area (Å²) in [6, 6.07) is 17.6. The molecule has 158 valence electrons. The van der Waals surface area contributed by atoms with Gasteiger partial charge in [-0.25, -0.2) is 0 Å². The molecule has 1 N–H and O–H groups in total. The number of hydrogen-bond donors (Lipinski definition) is 1. The summed E-state index contributed by atoms with van der Waals surface area (Å²) >= 11 is 0. The SMILES string of the molecule is CC(=O)Oc1cccc([C@@]23CCN(C)C[C@H]2CC[C@H](NC(=O)c2ccccc2)C3)c1. The van der Waals surface area contributed by atoms with E-state index in [2.05, 4.69) is 23.3 Å². The maximum atomic E-state index is 12.8. The number of nitrogens with zero attached hydrogens (tertiary/aromatic N) is 1. The van der Waals surface area contributed by atoms with E-state index in [9.17, 15) is 9.59 Å². The summed E-state index contributed by atoms with van der Waals surface area (Å²) in [5.41, 5.74) is 1.90. The van der Waals surface area contributed by atoms with Gasteiger partial charge in [0.05, 0.1) is 0 Å². The van der Waals surface area contributed by atoms with Gasteiger partial charge in [0.1, 0.15) is 5.75 Å². The van der Waals surface area contributed by atoms with E-state index in [1.54, 1.807) is 0 Å². The first kappa shape index (κ1) is 20.6. The Kier molecular flexibility index (Phi) is 5.91. The third-order valence-electron chi connectivity index (χ3n) is 6.77. The number of hydrogen-bond acceptors (Lipinski definition) is 4. The monoisotopic (exact) mass is 406 g/mol. The average Bonchev–Trinajstić information content (AvgIpc) is 2.74. The summed E-state index contributed by atoms with van der Waals surface area (Å²) in [6.07, 6.45) is 4.01. The first-order valence-corrected chi connectivity index (χ1v) is 10.8. The molecule has 0 spiro atoms. The van der Waals surface area contributed by atoms with E-state index >= 15 is 0 Å². The molecule has 2 aromatic rings. The maximum Gasteiger partial charge on any atom is 0.308 e. The first-order chi connectivity index (χ1) is 14.5. The van der Waals surface area contributed by atoms with Gasteiger partial charge >= 0.3 is 5.97 Å². The number of carbonyl (C=O) groups is 2. The molecule has 5 heteroatoms. The lowest BCUT2D eigenvalue weighted by atomic mass is 9.58. The summed E-state index contributed by atoms with van der Waals surface area (Å²) in [5.74, 6) is 0.813. The lowest BCUT2D eigenvalue weighted by Crippen LogP contribution is -2.55. The van der Waals surface area contributed by atoms with Crippen LogP contribution in [0.4, 0.5) is 0 Å². The zero-order valence-electron chi connectivity index (χ0n) is 17.8. The van der Waals surface area contributed by atoms with Gasteiger partial charge in [0.2, 0.25) is 0 Å². The van der Waals surface area contributed by atoms with Crippen molar-refractivity contribution in [1.29, 1.82) is 0 Å². The highest BCUT2D eigenvalue weighted by Crippen LogP contribution is 2.49. The molecule has 2 aromatic carbocycles. The molecular weight excluding hydrogens is 376 g/mol. The molecule has 4 rings (SSSR count). The summed E-state index contributed by atoms with van der Waals surface area (Å²) in [7, 11) is 2.18. The smallest absolute Gasteiger partial charge is 0.308 e. The van der Waals surface area contributed by atoms with Crippen LogP contribution >= 0.6 is 0 Å². The van der Waals surface area contributed by atoms with Crippen LogP contribution in [0.2, 0.25) is 0 Å². The van der Waals surface area contributed by atoms with E-state index in [0.29, 0.717) is 17.2 Å². The molecule has 0 bridgehead atoms. The van der Waals surface area contributed by atoms with Crippen molar-refractivity contribution in [3.05, 3.63) is 65.7 Å². The van der Waals surface area contributed by atoms with Gasteiger partial charge in [-0.05, 0) is 75.0 Å². The molecule has 1 saturated carbocycles. The van der Waals surface area contributed by atoms with Crippen molar-refractivity contribution in [3.8, 4) is 5.75 Å². The molecule has 2 fully saturated rings. The Morgan fingerprint density at radius 3 is 2.67 bits per heavy atom. The van der Waals surface area contributed by atoms with Crippen LogP contribution in [0.3, 0.4) is 0 Å². The summed E-state index contributed by atoms with van der Waals surface area (Å²) in [6.45, 7) is 3.50. The van der Waals surface area contributed by atoms with Crippen molar-refractivity contribution in [2.24, 2.45) is 5.92 Å². The van der Waals surface area contributed by atoms with Gasteiger partial charge in [-0.15, -0.1) is 0 Å². The van der Waals surface area contributed by atoms with Crippen LogP contribution in [0.5, 0.6) is 5.75 Å². The number of nitrogens with one attached hydrogen (secondary N) is 1. The predicted molar refractivity (Wildman–Crippen MR) is 117 cm³/mol. The molecule has 2 aliphatic rings. The lowest BCUT2D eigenvalue weighted by molar-refractivity contribution is -0.131. The van der Waals surface area contributed by atoms with E-state index in [1.807, 2.05) is 48.5 Å². The van der Waals surface area contributed by atoms with Crippen molar-refractivity contribution in [2.45, 2.75) is 44.1 Å². The van der Waals surface area contributed by atoms with Crippen LogP contribution in [0.15, 0.2) is 54.6 Å². The third kappa shape index (κ3) is 4.26. The Hall–Kier alpha value is -2.66. The minimum Gasteiger partial charge on any atom is -0.427 e. The van der Waals surface area contributed by atoms with Crippen LogP contribution in [0.25, 0.3) is 0 Å². The summed E-state index contributed by atoms with van der Waals surface area (Å²) in [4.78, 5) is 26.6. The van der Waals surface area contributed by atoms with Crippen LogP contribution in [-0.2, 0) is 10.2 Å². The Labute approximate surface area is 178 Å². The van der Waals surface area contributed by atoms with Gasteiger partial charge in [-0.2, -0.15) is 0 Å². The highest BCUT2D eigenvalue weighted by molar-refractivity contribution is 5.94. The molecule has 1 heterocycles. The maximum absolute atomic E-state index is 12.8. The highest BCUT2D eigenvalue weighted by Gasteiger charge is 2.47. The van der Waals surface area contributed by atoms with Gasteiger partial charge in [0.25, 0.3) is 5.91 Å². The standard InChI is InChI=1S/C25H30N2O3/c1-18(28)30-23-10-6-9-20(15-23)25-13-14-27(2)17-21(25)11-12-22(16-25)26-24(29)19-7-4-3-5-8-19/h3-10,15,21-22H,11-14,16-17H2,1-2H3,(H,26,29)/t21-,22+,25+/m1/s1. The van der Waals surface area contributed by atoms with Crippen molar-refractivity contribution >= 4 is 11.9 Å². The topological polar surface area (TPSA) is 58.6 Å². The quantitative estimate of drug-likeness (QED) is 0.620. The van der Waals surface area contributed by atoms with Crippen LogP contribution in [0, 0.1) is 5.92 Å².